The van der Waals surface area contributed by atoms with Gasteiger partial charge in [0.1, 0.15) is 5.56 Å². The highest BCUT2D eigenvalue weighted by Gasteiger charge is 2.11. The molecule has 1 aromatic rings. The fourth-order valence-corrected chi connectivity index (χ4v) is 1.32. The second-order valence-corrected chi connectivity index (χ2v) is 3.50. The summed E-state index contributed by atoms with van der Waals surface area (Å²) in [6, 6.07) is 1.64. The van der Waals surface area contributed by atoms with E-state index in [0.29, 0.717) is 5.56 Å². The summed E-state index contributed by atoms with van der Waals surface area (Å²) >= 11 is 0. The topological polar surface area (TPSA) is 88.3 Å². The molecule has 0 bridgehead atoms. The third kappa shape index (κ3) is 3.58. The lowest BCUT2D eigenvalue weighted by Crippen LogP contribution is -2.30. The normalized spacial score (nSPS) is 10.3. The number of carbonyl (C=O) groups excluding carboxylic acids is 2. The fourth-order valence-electron chi connectivity index (χ4n) is 1.32. The van der Waals surface area contributed by atoms with Gasteiger partial charge in [0.25, 0.3) is 11.5 Å². The number of aryl methyl sites for hydroxylation is 1. The summed E-state index contributed by atoms with van der Waals surface area (Å²) in [4.78, 5) is 36.4. The summed E-state index contributed by atoms with van der Waals surface area (Å²) in [5, 5.41) is 2.51. The summed E-state index contributed by atoms with van der Waals surface area (Å²) in [5.41, 5.74) is 0.224. The first kappa shape index (κ1) is 13.7. The van der Waals surface area contributed by atoms with E-state index in [-0.39, 0.29) is 12.1 Å². The quantitative estimate of drug-likeness (QED) is 0.587. The number of methoxy groups -OCH3 is 1. The van der Waals surface area contributed by atoms with Crippen LogP contribution in [-0.4, -0.2) is 30.5 Å². The van der Waals surface area contributed by atoms with Crippen molar-refractivity contribution in [2.45, 2.75) is 6.92 Å². The van der Waals surface area contributed by atoms with Gasteiger partial charge in [0.15, 0.2) is 0 Å². The summed E-state index contributed by atoms with van der Waals surface area (Å²) in [6.07, 6.45) is 4.12. The molecule has 0 saturated heterocycles. The van der Waals surface area contributed by atoms with Crippen molar-refractivity contribution in [3.63, 3.8) is 0 Å². The number of esters is 1. The predicted molar refractivity (Wildman–Crippen MR) is 65.3 cm³/mol. The first-order valence-corrected chi connectivity index (χ1v) is 5.27. The minimum Gasteiger partial charge on any atom is -0.466 e. The molecule has 0 unspecified atom stereocenters. The largest absolute Gasteiger partial charge is 0.466 e. The van der Waals surface area contributed by atoms with Gasteiger partial charge in [-0.1, -0.05) is 6.08 Å². The van der Waals surface area contributed by atoms with E-state index in [1.165, 1.54) is 25.5 Å². The molecule has 0 aliphatic rings. The Morgan fingerprint density at radius 1 is 1.50 bits per heavy atom. The Morgan fingerprint density at radius 3 is 2.83 bits per heavy atom. The summed E-state index contributed by atoms with van der Waals surface area (Å²) in [7, 11) is 1.26. The smallest absolute Gasteiger partial charge is 0.330 e. The van der Waals surface area contributed by atoms with Crippen LogP contribution in [0.2, 0.25) is 0 Å². The molecule has 96 valence electrons. The third-order valence-electron chi connectivity index (χ3n) is 2.23. The minimum atomic E-state index is -0.502. The molecule has 0 aliphatic heterocycles. The molecule has 0 spiro atoms. The number of ether oxygens (including phenoxy) is 1. The Labute approximate surface area is 104 Å². The van der Waals surface area contributed by atoms with Crippen molar-refractivity contribution in [2.75, 3.05) is 13.7 Å². The van der Waals surface area contributed by atoms with Gasteiger partial charge < -0.3 is 15.0 Å². The second kappa shape index (κ2) is 6.39. The van der Waals surface area contributed by atoms with Crippen LogP contribution in [0.5, 0.6) is 0 Å². The molecule has 1 aromatic heterocycles. The number of hydrogen-bond donors (Lipinski definition) is 2. The number of aromatic nitrogens is 1. The van der Waals surface area contributed by atoms with Gasteiger partial charge in [-0.25, -0.2) is 4.79 Å². The lowest BCUT2D eigenvalue weighted by atomic mass is 10.1. The van der Waals surface area contributed by atoms with E-state index in [9.17, 15) is 14.4 Å². The molecule has 1 rings (SSSR count). The SMILES string of the molecule is COC(=O)/C=C/CNC(=O)c1c(C)cc[nH]c1=O. The van der Waals surface area contributed by atoms with Crippen molar-refractivity contribution in [3.8, 4) is 0 Å². The van der Waals surface area contributed by atoms with Gasteiger partial charge in [0, 0.05) is 18.8 Å². The van der Waals surface area contributed by atoms with Gasteiger partial charge >= 0.3 is 5.97 Å². The highest BCUT2D eigenvalue weighted by Crippen LogP contribution is 1.99. The monoisotopic (exact) mass is 250 g/mol. The number of rotatable bonds is 4. The first-order valence-electron chi connectivity index (χ1n) is 5.27. The Morgan fingerprint density at radius 2 is 2.22 bits per heavy atom. The molecule has 6 nitrogen and oxygen atoms in total. The van der Waals surface area contributed by atoms with E-state index in [0.717, 1.165) is 0 Å². The van der Waals surface area contributed by atoms with Gasteiger partial charge in [-0.2, -0.15) is 0 Å². The molecule has 18 heavy (non-hydrogen) atoms. The van der Waals surface area contributed by atoms with E-state index in [1.807, 2.05) is 0 Å². The van der Waals surface area contributed by atoms with Crippen molar-refractivity contribution in [1.82, 2.24) is 10.3 Å². The number of carbonyl (C=O) groups is 2. The maximum absolute atomic E-state index is 11.7. The molecule has 0 aromatic carbocycles. The Bertz CT molecular complexity index is 531. The fraction of sp³-hybridized carbons (Fsp3) is 0.250. The van der Waals surface area contributed by atoms with Crippen LogP contribution >= 0.6 is 0 Å². The van der Waals surface area contributed by atoms with Gasteiger partial charge in [0.05, 0.1) is 7.11 Å². The van der Waals surface area contributed by atoms with E-state index in [4.69, 9.17) is 0 Å². The molecule has 2 N–H and O–H groups in total. The number of H-pyrrole nitrogens is 1. The molecule has 1 amide bonds. The van der Waals surface area contributed by atoms with Gasteiger partial charge in [-0.05, 0) is 18.6 Å². The maximum atomic E-state index is 11.7. The molecular formula is C12H14N2O4. The Hall–Kier alpha value is -2.37. The van der Waals surface area contributed by atoms with Crippen LogP contribution in [0.15, 0.2) is 29.2 Å². The van der Waals surface area contributed by atoms with E-state index < -0.39 is 17.4 Å². The lowest BCUT2D eigenvalue weighted by molar-refractivity contribution is -0.134. The van der Waals surface area contributed by atoms with Crippen molar-refractivity contribution in [2.24, 2.45) is 0 Å². The zero-order valence-corrected chi connectivity index (χ0v) is 10.1. The first-order chi connectivity index (χ1) is 8.56. The molecule has 1 heterocycles. The van der Waals surface area contributed by atoms with Crippen LogP contribution in [0.3, 0.4) is 0 Å². The third-order valence-corrected chi connectivity index (χ3v) is 2.23. The zero-order chi connectivity index (χ0) is 13.5. The van der Waals surface area contributed by atoms with Crippen LogP contribution < -0.4 is 10.9 Å². The average Bonchev–Trinajstić information content (AvgIpc) is 2.34. The number of aromatic amines is 1. The van der Waals surface area contributed by atoms with Crippen LogP contribution in [0.4, 0.5) is 0 Å². The summed E-state index contributed by atoms with van der Waals surface area (Å²) in [5.74, 6) is -0.984. The maximum Gasteiger partial charge on any atom is 0.330 e. The molecule has 6 heteroatoms. The standard InChI is InChI=1S/C12H14N2O4/c1-8-5-7-14-12(17)10(8)11(16)13-6-3-4-9(15)18-2/h3-5,7H,6H2,1-2H3,(H,13,16)(H,14,17)/b4-3+. The van der Waals surface area contributed by atoms with Crippen molar-refractivity contribution in [3.05, 3.63) is 45.9 Å². The van der Waals surface area contributed by atoms with Gasteiger partial charge in [-0.3, -0.25) is 9.59 Å². The molecule has 0 aliphatic carbocycles. The van der Waals surface area contributed by atoms with Crippen LogP contribution in [-0.2, 0) is 9.53 Å². The number of pyridine rings is 1. The molecular weight excluding hydrogens is 236 g/mol. The molecule has 0 atom stereocenters. The van der Waals surface area contributed by atoms with Gasteiger partial charge in [-0.15, -0.1) is 0 Å². The second-order valence-electron chi connectivity index (χ2n) is 3.50. The number of nitrogens with one attached hydrogen (secondary N) is 2. The predicted octanol–water partition coefficient (Wildman–Crippen LogP) is 0.142. The van der Waals surface area contributed by atoms with Crippen LogP contribution in [0, 0.1) is 6.92 Å². The van der Waals surface area contributed by atoms with Gasteiger partial charge in [0.2, 0.25) is 0 Å². The highest BCUT2D eigenvalue weighted by molar-refractivity contribution is 5.95. The lowest BCUT2D eigenvalue weighted by Gasteiger charge is -2.03. The van der Waals surface area contributed by atoms with Crippen molar-refractivity contribution >= 4 is 11.9 Å². The zero-order valence-electron chi connectivity index (χ0n) is 10.1. The van der Waals surface area contributed by atoms with Crippen molar-refractivity contribution < 1.29 is 14.3 Å². The van der Waals surface area contributed by atoms with E-state index in [2.05, 4.69) is 15.0 Å². The molecule has 0 radical (unpaired) electrons. The Kier molecular flexibility index (Phi) is 4.86. The number of amides is 1. The minimum absolute atomic E-state index is 0.0731. The number of hydrogen-bond acceptors (Lipinski definition) is 4. The van der Waals surface area contributed by atoms with Crippen LogP contribution in [0.25, 0.3) is 0 Å². The van der Waals surface area contributed by atoms with Crippen molar-refractivity contribution in [1.29, 1.82) is 0 Å². The molecule has 0 saturated carbocycles. The Balaban J connectivity index is 2.64. The van der Waals surface area contributed by atoms with Crippen LogP contribution in [0.1, 0.15) is 15.9 Å². The van der Waals surface area contributed by atoms with E-state index in [1.54, 1.807) is 13.0 Å². The van der Waals surface area contributed by atoms with E-state index >= 15 is 0 Å². The molecule has 0 fully saturated rings. The average molecular weight is 250 g/mol. The summed E-state index contributed by atoms with van der Waals surface area (Å²) < 4.78 is 4.39. The highest BCUT2D eigenvalue weighted by atomic mass is 16.5. The summed E-state index contributed by atoms with van der Waals surface area (Å²) in [6.45, 7) is 1.82.